The zero-order valence-electron chi connectivity index (χ0n) is 17.5. The molecule has 4 nitrogen and oxygen atoms in total. The molecule has 5 heteroatoms. The van der Waals surface area contributed by atoms with Crippen LogP contribution in [0.1, 0.15) is 15.2 Å². The van der Waals surface area contributed by atoms with Crippen molar-refractivity contribution in [2.75, 3.05) is 11.1 Å². The molecule has 0 unspecified atom stereocenters. The molecule has 5 aromatic rings. The molecule has 5 rings (SSSR count). The van der Waals surface area contributed by atoms with Crippen LogP contribution >= 0.6 is 11.3 Å². The average molecular weight is 436 g/mol. The van der Waals surface area contributed by atoms with E-state index in [-0.39, 0.29) is 5.91 Å². The molecule has 0 saturated carbocycles. The highest BCUT2D eigenvalue weighted by molar-refractivity contribution is 7.21. The molecule has 1 amide bonds. The van der Waals surface area contributed by atoms with Gasteiger partial charge in [-0.1, -0.05) is 78.4 Å². The van der Waals surface area contributed by atoms with Gasteiger partial charge in [0.15, 0.2) is 0 Å². The lowest BCUT2D eigenvalue weighted by atomic mass is 9.99. The van der Waals surface area contributed by atoms with Gasteiger partial charge in [0, 0.05) is 16.6 Å². The van der Waals surface area contributed by atoms with E-state index in [0.29, 0.717) is 10.6 Å². The SMILES string of the molecule is Cc1ccc(-c2cc(-c3ccccc3)nc3sc(C(=O)Nc4ccccc4)c(N)c23)cc1. The highest BCUT2D eigenvalue weighted by Gasteiger charge is 2.21. The number of nitrogens with zero attached hydrogens (tertiary/aromatic N) is 1. The molecule has 0 aliphatic carbocycles. The van der Waals surface area contributed by atoms with Gasteiger partial charge in [0.1, 0.15) is 9.71 Å². The maximum atomic E-state index is 13.0. The monoisotopic (exact) mass is 435 g/mol. The highest BCUT2D eigenvalue weighted by atomic mass is 32.1. The van der Waals surface area contributed by atoms with Crippen molar-refractivity contribution in [3.05, 3.63) is 101 Å². The summed E-state index contributed by atoms with van der Waals surface area (Å²) in [5.74, 6) is -0.229. The van der Waals surface area contributed by atoms with Crippen LogP contribution in [0.3, 0.4) is 0 Å². The molecular formula is C27H21N3OS. The van der Waals surface area contributed by atoms with Crippen LogP contribution in [0, 0.1) is 6.92 Å². The zero-order valence-corrected chi connectivity index (χ0v) is 18.3. The summed E-state index contributed by atoms with van der Waals surface area (Å²) in [6.45, 7) is 2.06. The molecule has 156 valence electrons. The normalized spacial score (nSPS) is 10.9. The van der Waals surface area contributed by atoms with E-state index in [1.54, 1.807) is 0 Å². The summed E-state index contributed by atoms with van der Waals surface area (Å²) in [5, 5.41) is 3.75. The Morgan fingerprint density at radius 3 is 2.22 bits per heavy atom. The smallest absolute Gasteiger partial charge is 0.267 e. The van der Waals surface area contributed by atoms with Gasteiger partial charge >= 0.3 is 0 Å². The summed E-state index contributed by atoms with van der Waals surface area (Å²) in [5.41, 5.74) is 12.8. The molecule has 0 saturated heterocycles. The number of amides is 1. The number of anilines is 2. The Balaban J connectivity index is 1.69. The number of fused-ring (bicyclic) bond motifs is 1. The highest BCUT2D eigenvalue weighted by Crippen LogP contribution is 2.41. The molecule has 0 atom stereocenters. The summed E-state index contributed by atoms with van der Waals surface area (Å²) in [6.07, 6.45) is 0. The largest absolute Gasteiger partial charge is 0.397 e. The van der Waals surface area contributed by atoms with E-state index in [2.05, 4.69) is 42.6 Å². The van der Waals surface area contributed by atoms with Crippen LogP contribution in [0.25, 0.3) is 32.6 Å². The summed E-state index contributed by atoms with van der Waals surface area (Å²) < 4.78 is 0. The van der Waals surface area contributed by atoms with Crippen molar-refractivity contribution < 1.29 is 4.79 Å². The number of pyridine rings is 1. The Kier molecular flexibility index (Phi) is 5.17. The number of rotatable bonds is 4. The Labute approximate surface area is 190 Å². The first-order valence-electron chi connectivity index (χ1n) is 10.3. The van der Waals surface area contributed by atoms with E-state index in [0.717, 1.165) is 38.3 Å². The second-order valence-electron chi connectivity index (χ2n) is 7.63. The number of para-hydroxylation sites is 1. The Morgan fingerprint density at radius 1 is 0.875 bits per heavy atom. The topological polar surface area (TPSA) is 68.0 Å². The molecule has 0 bridgehead atoms. The lowest BCUT2D eigenvalue weighted by Crippen LogP contribution is -2.11. The average Bonchev–Trinajstić information content (AvgIpc) is 3.17. The van der Waals surface area contributed by atoms with Crippen molar-refractivity contribution in [3.63, 3.8) is 0 Å². The van der Waals surface area contributed by atoms with Crippen molar-refractivity contribution in [3.8, 4) is 22.4 Å². The number of carbonyl (C=O) groups excluding carboxylic acids is 1. The fourth-order valence-corrected chi connectivity index (χ4v) is 4.73. The predicted molar refractivity (Wildman–Crippen MR) is 134 cm³/mol. The van der Waals surface area contributed by atoms with E-state index in [4.69, 9.17) is 10.7 Å². The molecule has 3 N–H and O–H groups in total. The van der Waals surface area contributed by atoms with Gasteiger partial charge in [0.05, 0.1) is 11.4 Å². The molecule has 0 fully saturated rings. The van der Waals surface area contributed by atoms with Gasteiger partial charge in [-0.05, 0) is 36.2 Å². The third kappa shape index (κ3) is 3.74. The second kappa shape index (κ2) is 8.29. The number of carbonyl (C=O) groups is 1. The standard InChI is InChI=1S/C27H21N3OS/c1-17-12-14-18(15-13-17)21-16-22(19-8-4-2-5-9-19)30-27-23(21)24(28)25(32-27)26(31)29-20-10-6-3-7-11-20/h2-16H,28H2,1H3,(H,29,31). The van der Waals surface area contributed by atoms with E-state index < -0.39 is 0 Å². The first-order chi connectivity index (χ1) is 15.6. The first kappa shape index (κ1) is 20.0. The lowest BCUT2D eigenvalue weighted by Gasteiger charge is -2.09. The molecule has 32 heavy (non-hydrogen) atoms. The van der Waals surface area contributed by atoms with Gasteiger partial charge in [0.25, 0.3) is 5.91 Å². The number of thiophene rings is 1. The van der Waals surface area contributed by atoms with Crippen LogP contribution in [-0.2, 0) is 0 Å². The molecule has 0 aliphatic rings. The van der Waals surface area contributed by atoms with Crippen LogP contribution in [0.5, 0.6) is 0 Å². The van der Waals surface area contributed by atoms with E-state index in [1.165, 1.54) is 16.9 Å². The van der Waals surface area contributed by atoms with Gasteiger partial charge in [-0.2, -0.15) is 0 Å². The first-order valence-corrected chi connectivity index (χ1v) is 11.1. The molecule has 0 spiro atoms. The van der Waals surface area contributed by atoms with Crippen molar-refractivity contribution >= 4 is 38.8 Å². The van der Waals surface area contributed by atoms with Crippen molar-refractivity contribution in [1.29, 1.82) is 0 Å². The third-order valence-corrected chi connectivity index (χ3v) is 6.47. The molecule has 2 heterocycles. The van der Waals surface area contributed by atoms with Crippen molar-refractivity contribution in [2.45, 2.75) is 6.92 Å². The number of nitrogen functional groups attached to an aromatic ring is 1. The molecule has 3 aromatic carbocycles. The Hall–Kier alpha value is -3.96. The minimum Gasteiger partial charge on any atom is -0.397 e. The van der Waals surface area contributed by atoms with E-state index in [1.807, 2.05) is 60.7 Å². The molecule has 2 aromatic heterocycles. The Morgan fingerprint density at radius 2 is 1.53 bits per heavy atom. The van der Waals surface area contributed by atoms with Crippen LogP contribution in [-0.4, -0.2) is 10.9 Å². The molecule has 0 aliphatic heterocycles. The predicted octanol–water partition coefficient (Wildman–Crippen LogP) is 6.77. The molecular weight excluding hydrogens is 414 g/mol. The van der Waals surface area contributed by atoms with Crippen LogP contribution in [0.15, 0.2) is 91.0 Å². The van der Waals surface area contributed by atoms with Gasteiger partial charge < -0.3 is 11.1 Å². The van der Waals surface area contributed by atoms with Gasteiger partial charge in [-0.25, -0.2) is 4.98 Å². The van der Waals surface area contributed by atoms with E-state index >= 15 is 0 Å². The summed E-state index contributed by atoms with van der Waals surface area (Å²) in [4.78, 5) is 19.1. The summed E-state index contributed by atoms with van der Waals surface area (Å²) >= 11 is 1.32. The number of nitrogens with two attached hydrogens (primary N) is 1. The maximum Gasteiger partial charge on any atom is 0.267 e. The van der Waals surface area contributed by atoms with Crippen molar-refractivity contribution in [1.82, 2.24) is 4.98 Å². The number of nitrogens with one attached hydrogen (secondary N) is 1. The third-order valence-electron chi connectivity index (χ3n) is 5.37. The van der Waals surface area contributed by atoms with Gasteiger partial charge in [-0.15, -0.1) is 11.3 Å². The maximum absolute atomic E-state index is 13.0. The quantitative estimate of drug-likeness (QED) is 0.327. The number of hydrogen-bond donors (Lipinski definition) is 2. The minimum atomic E-state index is -0.229. The van der Waals surface area contributed by atoms with Gasteiger partial charge in [-0.3, -0.25) is 4.79 Å². The summed E-state index contributed by atoms with van der Waals surface area (Å²) in [7, 11) is 0. The fourth-order valence-electron chi connectivity index (χ4n) is 3.72. The van der Waals surface area contributed by atoms with Gasteiger partial charge in [0.2, 0.25) is 0 Å². The fraction of sp³-hybridized carbons (Fsp3) is 0.0370. The number of benzene rings is 3. The van der Waals surface area contributed by atoms with Crippen LogP contribution < -0.4 is 11.1 Å². The second-order valence-corrected chi connectivity index (χ2v) is 8.63. The van der Waals surface area contributed by atoms with Crippen LogP contribution in [0.4, 0.5) is 11.4 Å². The number of hydrogen-bond acceptors (Lipinski definition) is 4. The summed E-state index contributed by atoms with van der Waals surface area (Å²) in [6, 6.07) is 29.8. The molecule has 0 radical (unpaired) electrons. The number of aryl methyl sites for hydroxylation is 1. The van der Waals surface area contributed by atoms with Crippen molar-refractivity contribution in [2.24, 2.45) is 0 Å². The van der Waals surface area contributed by atoms with E-state index in [9.17, 15) is 4.79 Å². The number of aromatic nitrogens is 1. The minimum absolute atomic E-state index is 0.229. The Bertz CT molecular complexity index is 1410. The lowest BCUT2D eigenvalue weighted by molar-refractivity contribution is 0.103. The van der Waals surface area contributed by atoms with Crippen LogP contribution in [0.2, 0.25) is 0 Å². The zero-order chi connectivity index (χ0) is 22.1.